The summed E-state index contributed by atoms with van der Waals surface area (Å²) in [6.07, 6.45) is 1.43. The van der Waals surface area contributed by atoms with Gasteiger partial charge in [0.2, 0.25) is 0 Å². The first-order chi connectivity index (χ1) is 9.97. The molecule has 0 atom stereocenters. The third kappa shape index (κ3) is 3.53. The molecule has 0 aliphatic heterocycles. The van der Waals surface area contributed by atoms with Crippen LogP contribution in [0.5, 0.6) is 0 Å². The molecule has 0 unspecified atom stereocenters. The highest BCUT2D eigenvalue weighted by Crippen LogP contribution is 2.21. The number of pyridine rings is 1. The van der Waals surface area contributed by atoms with Crippen molar-refractivity contribution in [2.45, 2.75) is 13.5 Å². The van der Waals surface area contributed by atoms with Crippen LogP contribution in [0.2, 0.25) is 0 Å². The highest BCUT2D eigenvalue weighted by Gasteiger charge is 2.08. The molecule has 0 saturated carbocycles. The number of aromatic carboxylic acids is 1. The molecular formula is C14H13N3O4. The number of benzene rings is 1. The fraction of sp³-hybridized carbons (Fsp3) is 0.143. The molecule has 0 fully saturated rings. The summed E-state index contributed by atoms with van der Waals surface area (Å²) in [7, 11) is 0. The molecule has 0 aliphatic carbocycles. The molecule has 1 heterocycles. The molecule has 0 saturated heterocycles. The van der Waals surface area contributed by atoms with Gasteiger partial charge in [-0.05, 0) is 30.7 Å². The van der Waals surface area contributed by atoms with E-state index in [1.165, 1.54) is 30.5 Å². The van der Waals surface area contributed by atoms with E-state index >= 15 is 0 Å². The number of carbonyl (C=O) groups is 1. The predicted molar refractivity (Wildman–Crippen MR) is 76.4 cm³/mol. The van der Waals surface area contributed by atoms with E-state index in [1.54, 1.807) is 13.0 Å². The van der Waals surface area contributed by atoms with Gasteiger partial charge in [0.25, 0.3) is 5.69 Å². The van der Waals surface area contributed by atoms with Crippen LogP contribution in [0.3, 0.4) is 0 Å². The van der Waals surface area contributed by atoms with Gasteiger partial charge < -0.3 is 10.4 Å². The monoisotopic (exact) mass is 287 g/mol. The zero-order valence-electron chi connectivity index (χ0n) is 11.2. The van der Waals surface area contributed by atoms with E-state index in [9.17, 15) is 14.9 Å². The van der Waals surface area contributed by atoms with E-state index in [0.717, 1.165) is 11.3 Å². The third-order valence-electron chi connectivity index (χ3n) is 2.94. The van der Waals surface area contributed by atoms with Gasteiger partial charge in [0.15, 0.2) is 0 Å². The lowest BCUT2D eigenvalue weighted by atomic mass is 10.1. The van der Waals surface area contributed by atoms with Crippen LogP contribution in [0.4, 0.5) is 11.4 Å². The second kappa shape index (κ2) is 6.00. The Hall–Kier alpha value is -2.96. The van der Waals surface area contributed by atoms with Crippen molar-refractivity contribution in [3.63, 3.8) is 0 Å². The smallest absolute Gasteiger partial charge is 0.335 e. The van der Waals surface area contributed by atoms with Gasteiger partial charge in [-0.3, -0.25) is 15.1 Å². The first-order valence-electron chi connectivity index (χ1n) is 6.14. The summed E-state index contributed by atoms with van der Waals surface area (Å²) >= 11 is 0. The van der Waals surface area contributed by atoms with Gasteiger partial charge in [0.05, 0.1) is 22.7 Å². The van der Waals surface area contributed by atoms with Crippen LogP contribution < -0.4 is 5.32 Å². The Bertz CT molecular complexity index is 700. The number of nitrogens with one attached hydrogen (secondary N) is 1. The standard InChI is InChI=1S/C14H13N3O4/c1-9-6-12(17(20)21)2-3-13(9)16-8-11-7-10(14(18)19)4-5-15-11/h2-7,16H,8H2,1H3,(H,18,19). The number of anilines is 1. The van der Waals surface area contributed by atoms with Gasteiger partial charge in [0, 0.05) is 24.0 Å². The Balaban J connectivity index is 2.11. The Morgan fingerprint density at radius 3 is 2.76 bits per heavy atom. The van der Waals surface area contributed by atoms with Gasteiger partial charge in [-0.15, -0.1) is 0 Å². The number of nitro groups is 1. The Morgan fingerprint density at radius 2 is 2.14 bits per heavy atom. The summed E-state index contributed by atoms with van der Waals surface area (Å²) in [5, 5.41) is 22.7. The Morgan fingerprint density at radius 1 is 1.38 bits per heavy atom. The van der Waals surface area contributed by atoms with Gasteiger partial charge in [-0.2, -0.15) is 0 Å². The highest BCUT2D eigenvalue weighted by atomic mass is 16.6. The zero-order chi connectivity index (χ0) is 15.4. The minimum Gasteiger partial charge on any atom is -0.478 e. The van der Waals surface area contributed by atoms with Crippen molar-refractivity contribution < 1.29 is 14.8 Å². The van der Waals surface area contributed by atoms with E-state index in [2.05, 4.69) is 10.3 Å². The van der Waals surface area contributed by atoms with Crippen molar-refractivity contribution in [2.24, 2.45) is 0 Å². The number of carboxylic acid groups (broad SMARTS) is 1. The fourth-order valence-electron chi connectivity index (χ4n) is 1.85. The molecule has 0 radical (unpaired) electrons. The lowest BCUT2D eigenvalue weighted by Crippen LogP contribution is -2.05. The Kier molecular flexibility index (Phi) is 4.13. The number of nitrogens with zero attached hydrogens (tertiary/aromatic N) is 2. The predicted octanol–water partition coefficient (Wildman–Crippen LogP) is 2.61. The van der Waals surface area contributed by atoms with E-state index in [-0.39, 0.29) is 11.3 Å². The molecule has 7 heteroatoms. The molecule has 2 N–H and O–H groups in total. The zero-order valence-corrected chi connectivity index (χ0v) is 11.2. The molecule has 0 spiro atoms. The lowest BCUT2D eigenvalue weighted by molar-refractivity contribution is -0.384. The maximum absolute atomic E-state index is 10.9. The van der Waals surface area contributed by atoms with Crippen LogP contribution in [0.25, 0.3) is 0 Å². The normalized spacial score (nSPS) is 10.1. The number of rotatable bonds is 5. The van der Waals surface area contributed by atoms with Crippen molar-refractivity contribution in [3.8, 4) is 0 Å². The molecule has 2 aromatic rings. The Labute approximate surface area is 120 Å². The van der Waals surface area contributed by atoms with E-state index in [0.29, 0.717) is 12.2 Å². The number of non-ortho nitro benzene ring substituents is 1. The largest absolute Gasteiger partial charge is 0.478 e. The van der Waals surface area contributed by atoms with E-state index < -0.39 is 10.9 Å². The maximum atomic E-state index is 10.9. The van der Waals surface area contributed by atoms with Crippen LogP contribution in [-0.4, -0.2) is 21.0 Å². The number of nitro benzene ring substituents is 1. The molecular weight excluding hydrogens is 274 g/mol. The summed E-state index contributed by atoms with van der Waals surface area (Å²) in [6, 6.07) is 7.41. The first kappa shape index (κ1) is 14.4. The summed E-state index contributed by atoms with van der Waals surface area (Å²) < 4.78 is 0. The molecule has 0 amide bonds. The van der Waals surface area contributed by atoms with Crippen LogP contribution in [0.15, 0.2) is 36.5 Å². The lowest BCUT2D eigenvalue weighted by Gasteiger charge is -2.09. The number of carboxylic acids is 1. The molecule has 0 bridgehead atoms. The minimum atomic E-state index is -1.01. The summed E-state index contributed by atoms with van der Waals surface area (Å²) in [6.45, 7) is 2.09. The van der Waals surface area contributed by atoms with Gasteiger partial charge in [-0.25, -0.2) is 4.79 Å². The number of aryl methyl sites for hydroxylation is 1. The summed E-state index contributed by atoms with van der Waals surface area (Å²) in [5.41, 5.74) is 2.25. The SMILES string of the molecule is Cc1cc([N+](=O)[O-])ccc1NCc1cc(C(=O)O)ccn1. The average molecular weight is 287 g/mol. The topological polar surface area (TPSA) is 105 Å². The van der Waals surface area contributed by atoms with Crippen molar-refractivity contribution >= 4 is 17.3 Å². The van der Waals surface area contributed by atoms with E-state index in [4.69, 9.17) is 5.11 Å². The average Bonchev–Trinajstić information content (AvgIpc) is 2.46. The molecule has 2 rings (SSSR count). The van der Waals surface area contributed by atoms with Crippen LogP contribution in [-0.2, 0) is 6.54 Å². The molecule has 0 aliphatic rings. The van der Waals surface area contributed by atoms with Crippen LogP contribution in [0.1, 0.15) is 21.6 Å². The van der Waals surface area contributed by atoms with Crippen molar-refractivity contribution in [2.75, 3.05) is 5.32 Å². The fourth-order valence-corrected chi connectivity index (χ4v) is 1.85. The number of hydrogen-bond acceptors (Lipinski definition) is 5. The van der Waals surface area contributed by atoms with Crippen molar-refractivity contribution in [1.29, 1.82) is 0 Å². The quantitative estimate of drug-likeness (QED) is 0.646. The first-order valence-corrected chi connectivity index (χ1v) is 6.14. The number of hydrogen-bond donors (Lipinski definition) is 2. The second-order valence-corrected chi connectivity index (χ2v) is 4.45. The van der Waals surface area contributed by atoms with Gasteiger partial charge >= 0.3 is 5.97 Å². The van der Waals surface area contributed by atoms with E-state index in [1.807, 2.05) is 0 Å². The van der Waals surface area contributed by atoms with Gasteiger partial charge in [0.1, 0.15) is 0 Å². The molecule has 21 heavy (non-hydrogen) atoms. The minimum absolute atomic E-state index is 0.0315. The van der Waals surface area contributed by atoms with Crippen molar-refractivity contribution in [1.82, 2.24) is 4.98 Å². The molecule has 7 nitrogen and oxygen atoms in total. The van der Waals surface area contributed by atoms with Crippen LogP contribution in [0, 0.1) is 17.0 Å². The summed E-state index contributed by atoms with van der Waals surface area (Å²) in [4.78, 5) is 25.2. The molecule has 1 aromatic heterocycles. The number of aromatic nitrogens is 1. The second-order valence-electron chi connectivity index (χ2n) is 4.45. The summed E-state index contributed by atoms with van der Waals surface area (Å²) in [5.74, 6) is -1.01. The molecule has 108 valence electrons. The third-order valence-corrected chi connectivity index (χ3v) is 2.94. The maximum Gasteiger partial charge on any atom is 0.335 e. The highest BCUT2D eigenvalue weighted by molar-refractivity contribution is 5.87. The van der Waals surface area contributed by atoms with Crippen molar-refractivity contribution in [3.05, 3.63) is 63.5 Å². The van der Waals surface area contributed by atoms with Gasteiger partial charge in [-0.1, -0.05) is 0 Å². The van der Waals surface area contributed by atoms with Crippen LogP contribution >= 0.6 is 0 Å². The molecule has 1 aromatic carbocycles.